The van der Waals surface area contributed by atoms with E-state index in [4.69, 9.17) is 25.8 Å². The van der Waals surface area contributed by atoms with Crippen molar-refractivity contribution in [1.29, 1.82) is 0 Å². The van der Waals surface area contributed by atoms with E-state index in [0.717, 1.165) is 6.07 Å². The summed E-state index contributed by atoms with van der Waals surface area (Å²) in [5.74, 6) is -2.78. The summed E-state index contributed by atoms with van der Waals surface area (Å²) >= 11 is 6.09. The number of hydrogen-bond donors (Lipinski definition) is 2. The van der Waals surface area contributed by atoms with Crippen LogP contribution in [-0.2, 0) is 9.53 Å². The zero-order valence-electron chi connectivity index (χ0n) is 13.9. The quantitative estimate of drug-likeness (QED) is 0.834. The molecule has 0 aliphatic carbocycles. The van der Waals surface area contributed by atoms with Crippen molar-refractivity contribution >= 4 is 23.7 Å². The molecule has 1 unspecified atom stereocenters. The van der Waals surface area contributed by atoms with Crippen molar-refractivity contribution in [3.05, 3.63) is 22.5 Å². The van der Waals surface area contributed by atoms with Crippen molar-refractivity contribution in [2.45, 2.75) is 32.4 Å². The molecule has 7 nitrogen and oxygen atoms in total. The van der Waals surface area contributed by atoms with Crippen LogP contribution in [0.4, 0.5) is 9.18 Å². The van der Waals surface area contributed by atoms with Gasteiger partial charge in [-0.2, -0.15) is 0 Å². The number of alkyl carbamates (subject to hydrolysis) is 1. The molecule has 134 valence electrons. The van der Waals surface area contributed by atoms with Crippen molar-refractivity contribution in [3.8, 4) is 11.5 Å². The van der Waals surface area contributed by atoms with Gasteiger partial charge in [0.15, 0.2) is 23.4 Å². The fourth-order valence-electron chi connectivity index (χ4n) is 1.89. The Balaban J connectivity index is 3.30. The molecule has 2 N–H and O–H groups in total. The monoisotopic (exact) mass is 363 g/mol. The maximum absolute atomic E-state index is 14.1. The maximum Gasteiger partial charge on any atom is 0.408 e. The molecular weight excluding hydrogens is 345 g/mol. The molecule has 24 heavy (non-hydrogen) atoms. The Hall–Kier alpha value is -2.22. The van der Waals surface area contributed by atoms with Crippen molar-refractivity contribution in [3.63, 3.8) is 0 Å². The summed E-state index contributed by atoms with van der Waals surface area (Å²) < 4.78 is 28.9. The molecular formula is C15H19ClFNO6. The van der Waals surface area contributed by atoms with E-state index in [2.05, 4.69) is 5.32 Å². The van der Waals surface area contributed by atoms with E-state index < -0.39 is 29.5 Å². The molecule has 0 spiro atoms. The van der Waals surface area contributed by atoms with Gasteiger partial charge in [-0.25, -0.2) is 14.0 Å². The predicted octanol–water partition coefficient (Wildman–Crippen LogP) is 3.15. The second-order valence-electron chi connectivity index (χ2n) is 5.75. The number of methoxy groups -OCH3 is 2. The molecule has 1 atom stereocenters. The second-order valence-corrected chi connectivity index (χ2v) is 6.12. The minimum absolute atomic E-state index is 0.175. The minimum Gasteiger partial charge on any atom is -0.491 e. The fourth-order valence-corrected chi connectivity index (χ4v) is 2.21. The highest BCUT2D eigenvalue weighted by Gasteiger charge is 2.31. The first kappa shape index (κ1) is 19.8. The summed E-state index contributed by atoms with van der Waals surface area (Å²) in [6.45, 7) is 4.85. The number of nitrogens with one attached hydrogen (secondary N) is 1. The lowest BCUT2D eigenvalue weighted by atomic mass is 10.1. The van der Waals surface area contributed by atoms with Crippen LogP contribution in [0.25, 0.3) is 0 Å². The molecule has 0 radical (unpaired) electrons. The first-order valence-electron chi connectivity index (χ1n) is 6.84. The molecule has 1 aromatic carbocycles. The number of hydrogen-bond acceptors (Lipinski definition) is 5. The van der Waals surface area contributed by atoms with Gasteiger partial charge in [0.2, 0.25) is 0 Å². The van der Waals surface area contributed by atoms with Crippen LogP contribution in [0, 0.1) is 5.82 Å². The number of carboxylic acids is 1. The molecule has 0 bridgehead atoms. The molecule has 0 saturated carbocycles. The van der Waals surface area contributed by atoms with Gasteiger partial charge >= 0.3 is 12.1 Å². The lowest BCUT2D eigenvalue weighted by Gasteiger charge is -2.23. The third-order valence-electron chi connectivity index (χ3n) is 2.79. The third kappa shape index (κ3) is 4.64. The van der Waals surface area contributed by atoms with E-state index >= 15 is 0 Å². The molecule has 1 rings (SSSR count). The lowest BCUT2D eigenvalue weighted by molar-refractivity contribution is -0.139. The Bertz CT molecular complexity index is 644. The molecule has 9 heteroatoms. The molecule has 1 amide bonds. The number of ether oxygens (including phenoxy) is 3. The maximum atomic E-state index is 14.1. The molecule has 0 fully saturated rings. The van der Waals surface area contributed by atoms with E-state index in [0.29, 0.717) is 0 Å². The number of aliphatic carboxylic acids is 1. The predicted molar refractivity (Wildman–Crippen MR) is 84.3 cm³/mol. The number of carbonyl (C=O) groups excluding carboxylic acids is 1. The summed E-state index contributed by atoms with van der Waals surface area (Å²) in [5, 5.41) is 11.3. The van der Waals surface area contributed by atoms with E-state index in [-0.39, 0.29) is 22.1 Å². The van der Waals surface area contributed by atoms with Gasteiger partial charge in [0.1, 0.15) is 5.60 Å². The molecule has 0 saturated heterocycles. The van der Waals surface area contributed by atoms with Crippen LogP contribution in [0.15, 0.2) is 6.07 Å². The topological polar surface area (TPSA) is 94.1 Å². The summed E-state index contributed by atoms with van der Waals surface area (Å²) in [7, 11) is 2.44. The molecule has 0 aromatic heterocycles. The second kappa shape index (κ2) is 7.57. The average Bonchev–Trinajstić information content (AvgIpc) is 2.44. The standard InChI is InChI=1S/C15H19ClFNO6/c1-15(2,3)24-14(21)18-10(13(19)20)7-6-8(17)11(22-4)12(23-5)9(7)16/h6,10H,1-5H3,(H,18,21)(H,19,20). The van der Waals surface area contributed by atoms with Gasteiger partial charge in [-0.3, -0.25) is 0 Å². The van der Waals surface area contributed by atoms with Crippen LogP contribution >= 0.6 is 11.6 Å². The van der Waals surface area contributed by atoms with Crippen molar-refractivity contribution < 1.29 is 33.3 Å². The summed E-state index contributed by atoms with van der Waals surface area (Å²) in [5.41, 5.74) is -1.04. The van der Waals surface area contributed by atoms with Gasteiger partial charge in [0, 0.05) is 5.56 Å². The summed E-state index contributed by atoms with van der Waals surface area (Å²) in [6, 6.07) is -0.776. The van der Waals surface area contributed by atoms with Gasteiger partial charge in [-0.15, -0.1) is 0 Å². The lowest BCUT2D eigenvalue weighted by Crippen LogP contribution is -2.38. The van der Waals surface area contributed by atoms with Crippen LogP contribution in [-0.4, -0.2) is 37.0 Å². The van der Waals surface area contributed by atoms with Crippen LogP contribution in [0.5, 0.6) is 11.5 Å². The van der Waals surface area contributed by atoms with Crippen LogP contribution in [0.2, 0.25) is 5.02 Å². The zero-order valence-corrected chi connectivity index (χ0v) is 14.7. The Morgan fingerprint density at radius 3 is 2.21 bits per heavy atom. The smallest absolute Gasteiger partial charge is 0.408 e. The number of benzene rings is 1. The Labute approximate surface area is 143 Å². The number of rotatable bonds is 5. The molecule has 0 heterocycles. The van der Waals surface area contributed by atoms with Crippen LogP contribution < -0.4 is 14.8 Å². The van der Waals surface area contributed by atoms with E-state index in [9.17, 15) is 19.1 Å². The number of halogens is 2. The Kier molecular flexibility index (Phi) is 6.25. The first-order chi connectivity index (χ1) is 11.0. The first-order valence-corrected chi connectivity index (χ1v) is 7.21. The zero-order chi connectivity index (χ0) is 18.7. The molecule has 0 aliphatic rings. The van der Waals surface area contributed by atoms with Gasteiger partial charge in [-0.1, -0.05) is 11.6 Å². The number of amides is 1. The highest BCUT2D eigenvalue weighted by molar-refractivity contribution is 6.33. The van der Waals surface area contributed by atoms with Crippen molar-refractivity contribution in [2.75, 3.05) is 14.2 Å². The average molecular weight is 364 g/mol. The largest absolute Gasteiger partial charge is 0.491 e. The van der Waals surface area contributed by atoms with E-state index in [1.165, 1.54) is 14.2 Å². The summed E-state index contributed by atoms with van der Waals surface area (Å²) in [4.78, 5) is 23.3. The number of carbonyl (C=O) groups is 2. The van der Waals surface area contributed by atoms with Gasteiger partial charge in [-0.05, 0) is 26.8 Å². The van der Waals surface area contributed by atoms with Gasteiger partial charge in [0.05, 0.1) is 19.2 Å². The fraction of sp³-hybridized carbons (Fsp3) is 0.467. The van der Waals surface area contributed by atoms with E-state index in [1.807, 2.05) is 0 Å². The Morgan fingerprint density at radius 2 is 1.79 bits per heavy atom. The summed E-state index contributed by atoms with van der Waals surface area (Å²) in [6.07, 6.45) is -0.985. The van der Waals surface area contributed by atoms with Gasteiger partial charge in [0.25, 0.3) is 0 Å². The normalized spacial score (nSPS) is 12.3. The van der Waals surface area contributed by atoms with Crippen LogP contribution in [0.3, 0.4) is 0 Å². The van der Waals surface area contributed by atoms with Crippen LogP contribution in [0.1, 0.15) is 32.4 Å². The van der Waals surface area contributed by atoms with E-state index in [1.54, 1.807) is 20.8 Å². The van der Waals surface area contributed by atoms with Crippen molar-refractivity contribution in [2.24, 2.45) is 0 Å². The minimum atomic E-state index is -1.64. The van der Waals surface area contributed by atoms with Crippen molar-refractivity contribution in [1.82, 2.24) is 5.32 Å². The molecule has 0 aliphatic heterocycles. The Morgan fingerprint density at radius 1 is 1.25 bits per heavy atom. The number of carboxylic acid groups (broad SMARTS) is 1. The SMILES string of the molecule is COc1c(F)cc(C(NC(=O)OC(C)(C)C)C(=O)O)c(Cl)c1OC. The molecule has 1 aromatic rings. The third-order valence-corrected chi connectivity index (χ3v) is 3.18. The highest BCUT2D eigenvalue weighted by Crippen LogP contribution is 2.41. The van der Waals surface area contributed by atoms with Gasteiger partial charge < -0.3 is 24.6 Å². The highest BCUT2D eigenvalue weighted by atomic mass is 35.5.